The molecule has 0 radical (unpaired) electrons. The van der Waals surface area contributed by atoms with Gasteiger partial charge in [-0.2, -0.15) is 8.42 Å². The van der Waals surface area contributed by atoms with Crippen molar-refractivity contribution in [2.75, 3.05) is 18.2 Å². The normalized spacial score (nSPS) is 15.6. The molecule has 212 valence electrons. The molecular weight excluding hydrogens is 546 g/mol. The van der Waals surface area contributed by atoms with E-state index in [-0.39, 0.29) is 24.2 Å². The van der Waals surface area contributed by atoms with E-state index in [4.69, 9.17) is 4.18 Å². The van der Waals surface area contributed by atoms with Gasteiger partial charge in [0.15, 0.2) is 5.78 Å². The lowest BCUT2D eigenvalue weighted by atomic mass is 9.80. The summed E-state index contributed by atoms with van der Waals surface area (Å²) in [4.78, 5) is 26.6. The number of anilines is 1. The molecule has 1 atom stereocenters. The summed E-state index contributed by atoms with van der Waals surface area (Å²) in [6.45, 7) is 1.90. The van der Waals surface area contributed by atoms with Crippen LogP contribution in [0.15, 0.2) is 84.9 Å². The van der Waals surface area contributed by atoms with Crippen LogP contribution in [0, 0.1) is 17.4 Å². The molecule has 7 heteroatoms. The van der Waals surface area contributed by atoms with Gasteiger partial charge >= 0.3 is 0 Å². The van der Waals surface area contributed by atoms with Crippen LogP contribution in [0.3, 0.4) is 0 Å². The Hall–Kier alpha value is -4.33. The Labute approximate surface area is 244 Å². The zero-order valence-electron chi connectivity index (χ0n) is 23.5. The van der Waals surface area contributed by atoms with Crippen molar-refractivity contribution in [1.82, 2.24) is 0 Å². The molecule has 0 heterocycles. The van der Waals surface area contributed by atoms with E-state index in [9.17, 15) is 18.0 Å². The van der Waals surface area contributed by atoms with Crippen molar-refractivity contribution in [2.45, 2.75) is 32.1 Å². The lowest BCUT2D eigenvalue weighted by Gasteiger charge is -2.25. The van der Waals surface area contributed by atoms with Gasteiger partial charge in [0.2, 0.25) is 0 Å². The van der Waals surface area contributed by atoms with E-state index in [1.807, 2.05) is 49.4 Å². The summed E-state index contributed by atoms with van der Waals surface area (Å²) in [6, 6.07) is 26.6. The number of hydrogen-bond donors (Lipinski definition) is 1. The van der Waals surface area contributed by atoms with Gasteiger partial charge in [0, 0.05) is 28.3 Å². The largest absolute Gasteiger partial charge is 0.322 e. The van der Waals surface area contributed by atoms with Gasteiger partial charge < -0.3 is 5.32 Å². The Bertz CT molecular complexity index is 2070. The van der Waals surface area contributed by atoms with Gasteiger partial charge in [0.05, 0.1) is 12.9 Å². The number of nitrogens with one attached hydrogen (secondary N) is 1. The van der Waals surface area contributed by atoms with Crippen LogP contribution in [0.4, 0.5) is 5.69 Å². The third-order valence-corrected chi connectivity index (χ3v) is 8.63. The van der Waals surface area contributed by atoms with Gasteiger partial charge in [-0.1, -0.05) is 60.7 Å². The first-order valence-electron chi connectivity index (χ1n) is 14.0. The Morgan fingerprint density at radius 2 is 1.57 bits per heavy atom. The van der Waals surface area contributed by atoms with Crippen molar-refractivity contribution >= 4 is 39.1 Å². The predicted octanol–water partition coefficient (Wildman–Crippen LogP) is 4.76. The van der Waals surface area contributed by atoms with Crippen molar-refractivity contribution in [3.8, 4) is 0 Å². The van der Waals surface area contributed by atoms with Crippen LogP contribution < -0.4 is 15.8 Å². The summed E-state index contributed by atoms with van der Waals surface area (Å²) >= 11 is 0. The second-order valence-electron chi connectivity index (χ2n) is 10.9. The molecule has 2 aliphatic carbocycles. The molecule has 6 rings (SSSR count). The first-order chi connectivity index (χ1) is 20.2. The third-order valence-electron chi connectivity index (χ3n) is 8.07. The molecule has 42 heavy (non-hydrogen) atoms. The fourth-order valence-corrected chi connectivity index (χ4v) is 6.50. The van der Waals surface area contributed by atoms with E-state index in [1.54, 1.807) is 30.3 Å². The number of ketones is 1. The van der Waals surface area contributed by atoms with Gasteiger partial charge in [-0.15, -0.1) is 0 Å². The van der Waals surface area contributed by atoms with Crippen LogP contribution in [0.5, 0.6) is 0 Å². The maximum absolute atomic E-state index is 13.8. The Morgan fingerprint density at radius 3 is 2.33 bits per heavy atom. The summed E-state index contributed by atoms with van der Waals surface area (Å²) in [7, 11) is -3.62. The van der Waals surface area contributed by atoms with Crippen LogP contribution >= 0.6 is 0 Å². The molecule has 0 aliphatic heterocycles. The highest BCUT2D eigenvalue weighted by molar-refractivity contribution is 7.85. The molecule has 4 aromatic carbocycles. The second kappa shape index (κ2) is 11.2. The van der Waals surface area contributed by atoms with Crippen molar-refractivity contribution in [1.29, 1.82) is 0 Å². The van der Waals surface area contributed by atoms with E-state index in [2.05, 4.69) is 23.5 Å². The van der Waals surface area contributed by atoms with Crippen LogP contribution in [0.2, 0.25) is 0 Å². The minimum atomic E-state index is -3.62. The van der Waals surface area contributed by atoms with Crippen LogP contribution in [0.1, 0.15) is 56.2 Å². The summed E-state index contributed by atoms with van der Waals surface area (Å²) in [5.41, 5.74) is 5.53. The van der Waals surface area contributed by atoms with Crippen molar-refractivity contribution < 1.29 is 22.2 Å². The number of Topliss-reactive ketones (excluding diaryl/α,β-unsaturated/α-hetero) is 1. The standard InChI is InChI=1S/C35H31NO5S/c1-22-8-3-5-10-27(22)35(38)36-26-16-14-23(15-17-26)34(37)32-13-7-12-30-29(32)18-19-31-28-11-6-4-9-24(28)20-25(33(30)31)21-41-42(2,39)40/h3-6,8-11,14-20,25H,7,12-13,21H2,1-2H3,(H,36,38). The molecule has 0 aromatic heterocycles. The minimum Gasteiger partial charge on any atom is -0.322 e. The number of fused-ring (bicyclic) bond motifs is 4. The average Bonchev–Trinajstić information content (AvgIpc) is 2.99. The number of amides is 1. The van der Waals surface area contributed by atoms with Gasteiger partial charge in [0.25, 0.3) is 16.0 Å². The zero-order valence-corrected chi connectivity index (χ0v) is 24.3. The number of benzene rings is 4. The maximum atomic E-state index is 13.8. The molecule has 4 aromatic rings. The molecule has 0 saturated carbocycles. The van der Waals surface area contributed by atoms with E-state index in [0.717, 1.165) is 62.2 Å². The Morgan fingerprint density at radius 1 is 0.857 bits per heavy atom. The predicted molar refractivity (Wildman–Crippen MR) is 164 cm³/mol. The number of carbonyl (C=O) groups is 2. The summed E-state index contributed by atoms with van der Waals surface area (Å²) in [5, 5.41) is 7.01. The van der Waals surface area contributed by atoms with E-state index < -0.39 is 10.1 Å². The molecule has 0 saturated heterocycles. The van der Waals surface area contributed by atoms with E-state index >= 15 is 0 Å². The number of carbonyl (C=O) groups excluding carboxylic acids is 2. The van der Waals surface area contributed by atoms with E-state index in [0.29, 0.717) is 23.2 Å². The minimum absolute atomic E-state index is 0.00951. The molecule has 1 unspecified atom stereocenters. The highest BCUT2D eigenvalue weighted by Gasteiger charge is 2.25. The fourth-order valence-electron chi connectivity index (χ4n) is 6.11. The second-order valence-corrected chi connectivity index (χ2v) is 12.6. The quantitative estimate of drug-likeness (QED) is 0.253. The van der Waals surface area contributed by atoms with Crippen molar-refractivity contribution in [2.24, 2.45) is 0 Å². The molecule has 1 amide bonds. The first-order valence-corrected chi connectivity index (χ1v) is 15.8. The SMILES string of the molecule is Cc1ccccc1C(=O)Nc1ccc(C(=O)C2=c3ccc4c(c3CCC2)C(COS(C)(=O)=O)C=c2ccccc2=4)cc1. The van der Waals surface area contributed by atoms with Crippen molar-refractivity contribution in [3.63, 3.8) is 0 Å². The third kappa shape index (κ3) is 5.45. The van der Waals surface area contributed by atoms with Gasteiger partial charge in [-0.25, -0.2) is 0 Å². The van der Waals surface area contributed by atoms with Crippen LogP contribution in [-0.2, 0) is 20.7 Å². The Kier molecular flexibility index (Phi) is 7.39. The zero-order chi connectivity index (χ0) is 29.4. The number of hydrogen-bond acceptors (Lipinski definition) is 5. The van der Waals surface area contributed by atoms with Gasteiger partial charge in [-0.05, 0) is 94.1 Å². The summed E-state index contributed by atoms with van der Waals surface area (Å²) in [6.07, 6.45) is 5.40. The molecule has 0 fully saturated rings. The Balaban J connectivity index is 1.38. The highest BCUT2D eigenvalue weighted by Crippen LogP contribution is 2.30. The monoisotopic (exact) mass is 577 g/mol. The smallest absolute Gasteiger partial charge is 0.264 e. The highest BCUT2D eigenvalue weighted by atomic mass is 32.2. The van der Waals surface area contributed by atoms with Gasteiger partial charge in [0.1, 0.15) is 0 Å². The number of rotatable bonds is 7. The topological polar surface area (TPSA) is 89.5 Å². The van der Waals surface area contributed by atoms with Crippen LogP contribution in [0.25, 0.3) is 11.6 Å². The van der Waals surface area contributed by atoms with Gasteiger partial charge in [-0.3, -0.25) is 13.8 Å². The lowest BCUT2D eigenvalue weighted by molar-refractivity contribution is 0.102. The first kappa shape index (κ1) is 27.8. The average molecular weight is 578 g/mol. The maximum Gasteiger partial charge on any atom is 0.264 e. The lowest BCUT2D eigenvalue weighted by Crippen LogP contribution is -2.28. The summed E-state index contributed by atoms with van der Waals surface area (Å²) in [5.74, 6) is -0.498. The molecule has 0 bridgehead atoms. The number of aryl methyl sites for hydroxylation is 1. The summed E-state index contributed by atoms with van der Waals surface area (Å²) < 4.78 is 29.0. The van der Waals surface area contributed by atoms with E-state index in [1.165, 1.54) is 0 Å². The van der Waals surface area contributed by atoms with Crippen molar-refractivity contribution in [3.05, 3.63) is 134 Å². The van der Waals surface area contributed by atoms with Crippen LogP contribution in [-0.4, -0.2) is 33.0 Å². The fraction of sp³-hybridized carbons (Fsp3) is 0.200. The molecule has 2 aliphatic rings. The molecule has 1 N–H and O–H groups in total. The molecule has 0 spiro atoms. The molecule has 6 nitrogen and oxygen atoms in total. The molecular formula is C35H31NO5S.